The molecule has 0 saturated carbocycles. The number of carbonyl (C=O) groups excluding carboxylic acids is 1. The minimum atomic E-state index is 0.174. The summed E-state index contributed by atoms with van der Waals surface area (Å²) < 4.78 is 10.7. The lowest BCUT2D eigenvalue weighted by Gasteiger charge is -2.22. The summed E-state index contributed by atoms with van der Waals surface area (Å²) in [6.45, 7) is 6.55. The van der Waals surface area contributed by atoms with E-state index in [1.54, 1.807) is 14.2 Å². The number of unbranched alkanes of at least 4 members (excludes halogenated alkanes) is 1. The number of hydrogen-bond acceptors (Lipinski definition) is 7. The van der Waals surface area contributed by atoms with E-state index in [4.69, 9.17) is 9.47 Å². The number of nitrogens with one attached hydrogen (secondary N) is 1. The summed E-state index contributed by atoms with van der Waals surface area (Å²) in [7, 11) is 3.23. The molecular weight excluding hydrogens is 394 g/mol. The van der Waals surface area contributed by atoms with Gasteiger partial charge in [0.05, 0.1) is 26.5 Å². The number of hydrogen-bond donors (Lipinski definition) is 1. The van der Waals surface area contributed by atoms with Crippen LogP contribution in [0.5, 0.6) is 11.5 Å². The normalized spacial score (nSPS) is 14.3. The molecule has 0 unspecified atom stereocenters. The van der Waals surface area contributed by atoms with Crippen LogP contribution in [-0.4, -0.2) is 74.5 Å². The second-order valence-electron chi connectivity index (χ2n) is 7.60. The topological polar surface area (TPSA) is 79.8 Å². The molecule has 3 rings (SSSR count). The third-order valence-electron chi connectivity index (χ3n) is 5.49. The van der Waals surface area contributed by atoms with E-state index in [2.05, 4.69) is 27.3 Å². The summed E-state index contributed by atoms with van der Waals surface area (Å²) in [5.41, 5.74) is 1.69. The molecule has 0 radical (unpaired) electrons. The average molecular weight is 428 g/mol. The smallest absolute Gasteiger partial charge is 0.236 e. The highest BCUT2D eigenvalue weighted by Gasteiger charge is 2.20. The molecular formula is C23H33N5O3. The molecule has 8 heteroatoms. The van der Waals surface area contributed by atoms with Crippen LogP contribution in [0, 0.1) is 0 Å². The van der Waals surface area contributed by atoms with E-state index in [0.29, 0.717) is 24.6 Å². The standard InChI is InChI=1S/C23H33N5O3/c1-4-5-11-24-17-23(29)28-13-6-12-27(14-15-28)22-10-8-19(25-26-22)18-7-9-20(30-2)21(16-18)31-3/h7-10,16,24H,4-6,11-15,17H2,1-3H3. The van der Waals surface area contributed by atoms with Gasteiger partial charge in [-0.2, -0.15) is 0 Å². The Morgan fingerprint density at radius 2 is 1.87 bits per heavy atom. The number of carbonyl (C=O) groups is 1. The molecule has 0 aliphatic carbocycles. The molecule has 1 fully saturated rings. The molecule has 168 valence electrons. The van der Waals surface area contributed by atoms with Crippen LogP contribution in [0.15, 0.2) is 30.3 Å². The van der Waals surface area contributed by atoms with Gasteiger partial charge in [0.15, 0.2) is 17.3 Å². The largest absolute Gasteiger partial charge is 0.493 e. The number of methoxy groups -OCH3 is 2. The van der Waals surface area contributed by atoms with Crippen molar-refractivity contribution in [3.05, 3.63) is 30.3 Å². The summed E-state index contributed by atoms with van der Waals surface area (Å²) in [6.07, 6.45) is 3.14. The summed E-state index contributed by atoms with van der Waals surface area (Å²) in [6, 6.07) is 9.65. The Bertz CT molecular complexity index is 844. The number of rotatable bonds is 9. The third-order valence-corrected chi connectivity index (χ3v) is 5.49. The van der Waals surface area contributed by atoms with Crippen LogP contribution in [-0.2, 0) is 4.79 Å². The molecule has 31 heavy (non-hydrogen) atoms. The minimum absolute atomic E-state index is 0.174. The first-order valence-electron chi connectivity index (χ1n) is 11.0. The molecule has 1 N–H and O–H groups in total. The number of aromatic nitrogens is 2. The van der Waals surface area contributed by atoms with Crippen LogP contribution < -0.4 is 19.7 Å². The lowest BCUT2D eigenvalue weighted by molar-refractivity contribution is -0.130. The Morgan fingerprint density at radius 3 is 2.58 bits per heavy atom. The van der Waals surface area contributed by atoms with Crippen molar-refractivity contribution in [3.63, 3.8) is 0 Å². The Hall–Kier alpha value is -2.87. The van der Waals surface area contributed by atoms with Gasteiger partial charge in [-0.3, -0.25) is 4.79 Å². The van der Waals surface area contributed by atoms with Crippen molar-refractivity contribution in [2.75, 3.05) is 58.4 Å². The van der Waals surface area contributed by atoms with Crippen LogP contribution in [0.3, 0.4) is 0 Å². The number of anilines is 1. The van der Waals surface area contributed by atoms with Gasteiger partial charge in [-0.25, -0.2) is 0 Å². The number of amides is 1. The van der Waals surface area contributed by atoms with Gasteiger partial charge in [0.2, 0.25) is 5.91 Å². The maximum atomic E-state index is 12.5. The van der Waals surface area contributed by atoms with Gasteiger partial charge < -0.3 is 24.6 Å². The summed E-state index contributed by atoms with van der Waals surface area (Å²) in [5.74, 6) is 2.35. The first-order valence-corrected chi connectivity index (χ1v) is 11.0. The molecule has 1 saturated heterocycles. The molecule has 1 aromatic heterocycles. The molecule has 0 spiro atoms. The predicted molar refractivity (Wildman–Crippen MR) is 122 cm³/mol. The molecule has 1 amide bonds. The summed E-state index contributed by atoms with van der Waals surface area (Å²) in [5, 5.41) is 12.1. The van der Waals surface area contributed by atoms with Crippen molar-refractivity contribution >= 4 is 11.7 Å². The number of ether oxygens (including phenoxy) is 2. The monoisotopic (exact) mass is 427 g/mol. The maximum absolute atomic E-state index is 12.5. The molecule has 1 aliphatic rings. The van der Waals surface area contributed by atoms with Gasteiger partial charge in [-0.15, -0.1) is 10.2 Å². The van der Waals surface area contributed by atoms with E-state index in [0.717, 1.165) is 62.5 Å². The number of nitrogens with zero attached hydrogens (tertiary/aromatic N) is 4. The van der Waals surface area contributed by atoms with Crippen LogP contribution >= 0.6 is 0 Å². The zero-order chi connectivity index (χ0) is 22.1. The Morgan fingerprint density at radius 1 is 1.03 bits per heavy atom. The zero-order valence-corrected chi connectivity index (χ0v) is 18.8. The van der Waals surface area contributed by atoms with Crippen molar-refractivity contribution in [1.29, 1.82) is 0 Å². The lowest BCUT2D eigenvalue weighted by atomic mass is 10.1. The van der Waals surface area contributed by atoms with Crippen molar-refractivity contribution in [3.8, 4) is 22.8 Å². The van der Waals surface area contributed by atoms with Crippen LogP contribution in [0.1, 0.15) is 26.2 Å². The molecule has 2 aromatic rings. The fraction of sp³-hybridized carbons (Fsp3) is 0.522. The highest BCUT2D eigenvalue weighted by molar-refractivity contribution is 5.78. The van der Waals surface area contributed by atoms with E-state index < -0.39 is 0 Å². The van der Waals surface area contributed by atoms with E-state index in [-0.39, 0.29) is 5.91 Å². The molecule has 0 atom stereocenters. The highest BCUT2D eigenvalue weighted by Crippen LogP contribution is 2.31. The van der Waals surface area contributed by atoms with Crippen molar-refractivity contribution in [2.24, 2.45) is 0 Å². The predicted octanol–water partition coefficient (Wildman–Crippen LogP) is 2.59. The van der Waals surface area contributed by atoms with E-state index in [1.807, 2.05) is 35.2 Å². The quantitative estimate of drug-likeness (QED) is 0.616. The highest BCUT2D eigenvalue weighted by atomic mass is 16.5. The van der Waals surface area contributed by atoms with Gasteiger partial charge in [-0.1, -0.05) is 13.3 Å². The Balaban J connectivity index is 1.59. The molecule has 1 aliphatic heterocycles. The van der Waals surface area contributed by atoms with Crippen LogP contribution in [0.4, 0.5) is 5.82 Å². The lowest BCUT2D eigenvalue weighted by Crippen LogP contribution is -2.40. The zero-order valence-electron chi connectivity index (χ0n) is 18.8. The van der Waals surface area contributed by atoms with Gasteiger partial charge >= 0.3 is 0 Å². The van der Waals surface area contributed by atoms with E-state index >= 15 is 0 Å². The molecule has 2 heterocycles. The summed E-state index contributed by atoms with van der Waals surface area (Å²) >= 11 is 0. The van der Waals surface area contributed by atoms with Crippen molar-refractivity contribution in [2.45, 2.75) is 26.2 Å². The minimum Gasteiger partial charge on any atom is -0.493 e. The van der Waals surface area contributed by atoms with Gasteiger partial charge in [0, 0.05) is 31.7 Å². The maximum Gasteiger partial charge on any atom is 0.236 e. The van der Waals surface area contributed by atoms with Crippen molar-refractivity contribution in [1.82, 2.24) is 20.4 Å². The van der Waals surface area contributed by atoms with Crippen molar-refractivity contribution < 1.29 is 14.3 Å². The fourth-order valence-corrected chi connectivity index (χ4v) is 3.65. The Labute approximate surface area is 184 Å². The van der Waals surface area contributed by atoms with Crippen LogP contribution in [0.2, 0.25) is 0 Å². The molecule has 1 aromatic carbocycles. The van der Waals surface area contributed by atoms with Gasteiger partial charge in [-0.05, 0) is 49.7 Å². The number of benzene rings is 1. The summed E-state index contributed by atoms with van der Waals surface area (Å²) in [4.78, 5) is 16.6. The van der Waals surface area contributed by atoms with E-state index in [1.165, 1.54) is 0 Å². The molecule has 8 nitrogen and oxygen atoms in total. The van der Waals surface area contributed by atoms with E-state index in [9.17, 15) is 4.79 Å². The Kier molecular flexibility index (Phi) is 8.46. The van der Waals surface area contributed by atoms with Crippen LogP contribution in [0.25, 0.3) is 11.3 Å². The second kappa shape index (κ2) is 11.5. The first kappa shape index (κ1) is 22.8. The SMILES string of the molecule is CCCCNCC(=O)N1CCCN(c2ccc(-c3ccc(OC)c(OC)c3)nn2)CC1. The van der Waals surface area contributed by atoms with Gasteiger partial charge in [0.25, 0.3) is 0 Å². The second-order valence-corrected chi connectivity index (χ2v) is 7.60. The molecule has 0 bridgehead atoms. The van der Waals surface area contributed by atoms with Gasteiger partial charge in [0.1, 0.15) is 0 Å². The fourth-order valence-electron chi connectivity index (χ4n) is 3.65. The first-order chi connectivity index (χ1) is 15.2. The third kappa shape index (κ3) is 6.07. The average Bonchev–Trinajstić information content (AvgIpc) is 3.08.